The number of nitrogens with zero attached hydrogens (tertiary/aromatic N) is 1. The van der Waals surface area contributed by atoms with Crippen LogP contribution >= 0.6 is 0 Å². The SMILES string of the molecule is O=C1C=C[n+]2cc3c(cc21)Cc1ccccc1-3. The number of ketones is 1. The highest BCUT2D eigenvalue weighted by atomic mass is 16.1. The Morgan fingerprint density at radius 3 is 2.88 bits per heavy atom. The van der Waals surface area contributed by atoms with Gasteiger partial charge in [-0.3, -0.25) is 4.79 Å². The van der Waals surface area contributed by atoms with Gasteiger partial charge in [0.2, 0.25) is 0 Å². The molecule has 17 heavy (non-hydrogen) atoms. The van der Waals surface area contributed by atoms with Gasteiger partial charge in [-0.25, -0.2) is 0 Å². The van der Waals surface area contributed by atoms with Crippen molar-refractivity contribution in [2.24, 2.45) is 0 Å². The van der Waals surface area contributed by atoms with Gasteiger partial charge in [-0.1, -0.05) is 24.3 Å². The van der Waals surface area contributed by atoms with Crippen molar-refractivity contribution in [1.29, 1.82) is 0 Å². The minimum absolute atomic E-state index is 0.101. The Kier molecular flexibility index (Phi) is 1.52. The van der Waals surface area contributed by atoms with Crippen LogP contribution < -0.4 is 4.57 Å². The van der Waals surface area contributed by atoms with Crippen molar-refractivity contribution in [2.45, 2.75) is 6.42 Å². The third-order valence-corrected chi connectivity index (χ3v) is 3.53. The largest absolute Gasteiger partial charge is 0.282 e. The summed E-state index contributed by atoms with van der Waals surface area (Å²) in [5, 5.41) is 0. The Labute approximate surface area is 98.8 Å². The Bertz CT molecular complexity index is 698. The maximum Gasteiger partial charge on any atom is 0.258 e. The van der Waals surface area contributed by atoms with E-state index in [1.807, 2.05) is 16.8 Å². The van der Waals surface area contributed by atoms with Crippen LogP contribution in [0.5, 0.6) is 0 Å². The summed E-state index contributed by atoms with van der Waals surface area (Å²) in [7, 11) is 0. The van der Waals surface area contributed by atoms with Crippen molar-refractivity contribution in [3.8, 4) is 11.1 Å². The maximum absolute atomic E-state index is 11.6. The number of pyridine rings is 1. The fourth-order valence-electron chi connectivity index (χ4n) is 2.70. The average molecular weight is 220 g/mol. The van der Waals surface area contributed by atoms with Crippen molar-refractivity contribution in [2.75, 3.05) is 0 Å². The molecule has 1 aromatic carbocycles. The molecule has 0 spiro atoms. The van der Waals surface area contributed by atoms with Gasteiger partial charge >= 0.3 is 0 Å². The van der Waals surface area contributed by atoms with E-state index in [2.05, 4.69) is 30.5 Å². The molecular formula is C15H10NO+. The minimum atomic E-state index is 0.101. The molecule has 0 fully saturated rings. The van der Waals surface area contributed by atoms with E-state index in [0.29, 0.717) is 0 Å². The van der Waals surface area contributed by atoms with E-state index in [9.17, 15) is 4.79 Å². The van der Waals surface area contributed by atoms with E-state index >= 15 is 0 Å². The first-order valence-electron chi connectivity index (χ1n) is 5.72. The van der Waals surface area contributed by atoms with E-state index in [0.717, 1.165) is 12.1 Å². The van der Waals surface area contributed by atoms with E-state index < -0.39 is 0 Å². The van der Waals surface area contributed by atoms with E-state index in [1.165, 1.54) is 22.3 Å². The van der Waals surface area contributed by atoms with Gasteiger partial charge in [-0.05, 0) is 23.1 Å². The maximum atomic E-state index is 11.6. The number of hydrogen-bond donors (Lipinski definition) is 0. The first-order chi connectivity index (χ1) is 8.33. The quantitative estimate of drug-likeness (QED) is 0.532. The number of fused-ring (bicyclic) bond motifs is 4. The van der Waals surface area contributed by atoms with Crippen LogP contribution in [0.15, 0.2) is 42.6 Å². The molecular weight excluding hydrogens is 210 g/mol. The third kappa shape index (κ3) is 1.10. The molecule has 2 aliphatic rings. The van der Waals surface area contributed by atoms with E-state index in [4.69, 9.17) is 0 Å². The minimum Gasteiger partial charge on any atom is -0.282 e. The summed E-state index contributed by atoms with van der Waals surface area (Å²) in [4.78, 5) is 11.6. The molecule has 2 heterocycles. The lowest BCUT2D eigenvalue weighted by Gasteiger charge is -1.98. The number of hydrogen-bond acceptors (Lipinski definition) is 1. The first-order valence-corrected chi connectivity index (χ1v) is 5.72. The summed E-state index contributed by atoms with van der Waals surface area (Å²) in [6.07, 6.45) is 6.46. The van der Waals surface area contributed by atoms with Crippen molar-refractivity contribution in [3.63, 3.8) is 0 Å². The average Bonchev–Trinajstić information content (AvgIpc) is 2.88. The third-order valence-electron chi connectivity index (χ3n) is 3.53. The number of allylic oxidation sites excluding steroid dienone is 1. The molecule has 2 aromatic rings. The number of carbonyl (C=O) groups excluding carboxylic acids is 1. The van der Waals surface area contributed by atoms with Gasteiger partial charge in [0.25, 0.3) is 11.5 Å². The van der Waals surface area contributed by atoms with Crippen LogP contribution in [0.1, 0.15) is 21.6 Å². The smallest absolute Gasteiger partial charge is 0.258 e. The lowest BCUT2D eigenvalue weighted by Crippen LogP contribution is -2.29. The number of aromatic nitrogens is 1. The second kappa shape index (κ2) is 2.92. The second-order valence-electron chi connectivity index (χ2n) is 4.52. The molecule has 0 atom stereocenters. The molecule has 0 saturated heterocycles. The first kappa shape index (κ1) is 8.88. The molecule has 4 rings (SSSR count). The topological polar surface area (TPSA) is 20.9 Å². The van der Waals surface area contributed by atoms with Gasteiger partial charge in [0.1, 0.15) is 0 Å². The van der Waals surface area contributed by atoms with Crippen LogP contribution in [0, 0.1) is 0 Å². The van der Waals surface area contributed by atoms with Crippen molar-refractivity contribution >= 4 is 12.0 Å². The highest BCUT2D eigenvalue weighted by Crippen LogP contribution is 2.35. The monoisotopic (exact) mass is 220 g/mol. The molecule has 0 saturated carbocycles. The van der Waals surface area contributed by atoms with Crippen LogP contribution in [0.4, 0.5) is 0 Å². The Morgan fingerprint density at radius 2 is 1.94 bits per heavy atom. The standard InChI is InChI=1S/C15H10NO/c17-15-5-6-16-9-13-11(8-14(15)16)7-10-3-1-2-4-12(10)13/h1-6,8-9H,7H2/q+1. The van der Waals surface area contributed by atoms with Gasteiger partial charge in [0.15, 0.2) is 12.4 Å². The van der Waals surface area contributed by atoms with Crippen molar-refractivity contribution in [3.05, 3.63) is 59.4 Å². The Hall–Kier alpha value is -2.22. The molecule has 2 heteroatoms. The zero-order valence-corrected chi connectivity index (χ0v) is 9.18. The van der Waals surface area contributed by atoms with Gasteiger partial charge in [-0.2, -0.15) is 4.57 Å². The predicted octanol–water partition coefficient (Wildman–Crippen LogP) is 2.21. The summed E-state index contributed by atoms with van der Waals surface area (Å²) >= 11 is 0. The molecule has 0 N–H and O–H groups in total. The molecule has 1 aromatic heterocycles. The number of rotatable bonds is 0. The van der Waals surface area contributed by atoms with Crippen LogP contribution in [-0.2, 0) is 6.42 Å². The predicted molar refractivity (Wildman–Crippen MR) is 64.5 cm³/mol. The molecule has 1 aliphatic carbocycles. The fraction of sp³-hybridized carbons (Fsp3) is 0.0667. The highest BCUT2D eigenvalue weighted by molar-refractivity contribution is 6.05. The Morgan fingerprint density at radius 1 is 1.06 bits per heavy atom. The van der Waals surface area contributed by atoms with Gasteiger partial charge in [0.05, 0.1) is 11.6 Å². The zero-order valence-electron chi connectivity index (χ0n) is 9.18. The van der Waals surface area contributed by atoms with E-state index in [-0.39, 0.29) is 5.78 Å². The lowest BCUT2D eigenvalue weighted by atomic mass is 10.1. The van der Waals surface area contributed by atoms with Gasteiger partial charge < -0.3 is 0 Å². The molecule has 80 valence electrons. The molecule has 1 aliphatic heterocycles. The fourth-order valence-corrected chi connectivity index (χ4v) is 2.70. The van der Waals surface area contributed by atoms with E-state index in [1.54, 1.807) is 6.08 Å². The molecule has 0 bridgehead atoms. The molecule has 0 unspecified atom stereocenters. The molecule has 2 nitrogen and oxygen atoms in total. The second-order valence-corrected chi connectivity index (χ2v) is 4.52. The van der Waals surface area contributed by atoms with Gasteiger partial charge in [0, 0.05) is 6.07 Å². The van der Waals surface area contributed by atoms with Crippen LogP contribution in [0.25, 0.3) is 17.3 Å². The summed E-state index contributed by atoms with van der Waals surface area (Å²) in [5.74, 6) is 0.101. The van der Waals surface area contributed by atoms with Crippen molar-refractivity contribution in [1.82, 2.24) is 0 Å². The van der Waals surface area contributed by atoms with Crippen molar-refractivity contribution < 1.29 is 9.36 Å². The van der Waals surface area contributed by atoms with Crippen LogP contribution in [0.2, 0.25) is 0 Å². The van der Waals surface area contributed by atoms with Gasteiger partial charge in [-0.15, -0.1) is 0 Å². The zero-order chi connectivity index (χ0) is 11.4. The molecule has 0 amide bonds. The lowest BCUT2D eigenvalue weighted by molar-refractivity contribution is -0.566. The number of carbonyl (C=O) groups is 1. The molecule has 0 radical (unpaired) electrons. The summed E-state index contributed by atoms with van der Waals surface area (Å²) in [5.41, 5.74) is 5.93. The normalized spacial score (nSPS) is 14.7. The Balaban J connectivity index is 2.01. The summed E-state index contributed by atoms with van der Waals surface area (Å²) in [6.45, 7) is 0. The summed E-state index contributed by atoms with van der Waals surface area (Å²) < 4.78 is 1.92. The van der Waals surface area contributed by atoms with Crippen LogP contribution in [-0.4, -0.2) is 5.78 Å². The van der Waals surface area contributed by atoms with Crippen LogP contribution in [0.3, 0.4) is 0 Å². The highest BCUT2D eigenvalue weighted by Gasteiger charge is 2.28. The number of benzene rings is 1. The summed E-state index contributed by atoms with van der Waals surface area (Å²) in [6, 6.07) is 10.5.